The molecule has 4 nitrogen and oxygen atoms in total. The molecule has 0 aromatic rings. The van der Waals surface area contributed by atoms with Gasteiger partial charge in [-0.1, -0.05) is 15.9 Å². The summed E-state index contributed by atoms with van der Waals surface area (Å²) in [5, 5.41) is 9.93. The number of aliphatic hydroxyl groups is 1. The van der Waals surface area contributed by atoms with Crippen LogP contribution in [0.2, 0.25) is 0 Å². The van der Waals surface area contributed by atoms with Crippen LogP contribution >= 0.6 is 15.9 Å². The van der Waals surface area contributed by atoms with Crippen LogP contribution in [-0.2, 0) is 9.53 Å². The molecule has 0 aliphatic carbocycles. The van der Waals surface area contributed by atoms with Gasteiger partial charge in [-0.3, -0.25) is 4.79 Å². The number of hydrogen-bond donors (Lipinski definition) is 1. The summed E-state index contributed by atoms with van der Waals surface area (Å²) in [6.07, 6.45) is 2.55. The molecule has 1 saturated heterocycles. The Bertz CT molecular complexity index is 245. The van der Waals surface area contributed by atoms with Gasteiger partial charge in [-0.05, 0) is 32.7 Å². The van der Waals surface area contributed by atoms with Crippen molar-refractivity contribution in [1.82, 2.24) is 4.90 Å². The number of likely N-dealkylation sites (tertiary alicyclic amines) is 1. The molecule has 94 valence electrons. The average Bonchev–Trinajstić information content (AvgIpc) is 2.39. The molecule has 0 amide bonds. The zero-order chi connectivity index (χ0) is 12.2. The van der Waals surface area contributed by atoms with E-state index in [1.165, 1.54) is 7.11 Å². The summed E-state index contributed by atoms with van der Waals surface area (Å²) in [5.74, 6) is -0.240. The molecule has 1 aliphatic rings. The van der Waals surface area contributed by atoms with Gasteiger partial charge in [0.2, 0.25) is 0 Å². The molecule has 1 heterocycles. The third kappa shape index (κ3) is 4.39. The third-order valence-electron chi connectivity index (χ3n) is 3.03. The molecule has 5 heteroatoms. The number of halogens is 1. The van der Waals surface area contributed by atoms with Crippen molar-refractivity contribution in [2.45, 2.75) is 36.6 Å². The first-order chi connectivity index (χ1) is 7.44. The van der Waals surface area contributed by atoms with Crippen molar-refractivity contribution in [2.24, 2.45) is 0 Å². The Balaban J connectivity index is 2.41. The van der Waals surface area contributed by atoms with Gasteiger partial charge >= 0.3 is 5.97 Å². The standard InChI is InChI=1S/C11H20BrNO3/c1-11(15)4-3-6-13(7-5-11)8-9(12)10(14)16-2/h9,15H,3-8H2,1-2H3. The molecule has 0 saturated carbocycles. The van der Waals surface area contributed by atoms with E-state index in [-0.39, 0.29) is 10.8 Å². The molecule has 1 aliphatic heterocycles. The Morgan fingerprint density at radius 1 is 1.56 bits per heavy atom. The van der Waals surface area contributed by atoms with Gasteiger partial charge in [0.25, 0.3) is 0 Å². The molecule has 2 atom stereocenters. The lowest BCUT2D eigenvalue weighted by atomic mass is 9.98. The zero-order valence-electron chi connectivity index (χ0n) is 9.91. The Labute approximate surface area is 105 Å². The molecule has 0 spiro atoms. The van der Waals surface area contributed by atoms with E-state index in [0.717, 1.165) is 32.4 Å². The molecule has 1 N–H and O–H groups in total. The van der Waals surface area contributed by atoms with Crippen LogP contribution in [-0.4, -0.2) is 53.1 Å². The molecule has 1 rings (SSSR count). The number of alkyl halides is 1. The molecule has 0 bridgehead atoms. The van der Waals surface area contributed by atoms with E-state index in [4.69, 9.17) is 0 Å². The maximum atomic E-state index is 11.3. The smallest absolute Gasteiger partial charge is 0.320 e. The summed E-state index contributed by atoms with van der Waals surface area (Å²) in [7, 11) is 1.39. The van der Waals surface area contributed by atoms with Crippen LogP contribution in [0.4, 0.5) is 0 Å². The molecule has 1 fully saturated rings. The number of ether oxygens (including phenoxy) is 1. The van der Waals surface area contributed by atoms with Crippen molar-refractivity contribution in [1.29, 1.82) is 0 Å². The summed E-state index contributed by atoms with van der Waals surface area (Å²) >= 11 is 3.31. The predicted molar refractivity (Wildman–Crippen MR) is 65.6 cm³/mol. The van der Waals surface area contributed by atoms with Crippen molar-refractivity contribution in [3.8, 4) is 0 Å². The van der Waals surface area contributed by atoms with Crippen LogP contribution in [0.15, 0.2) is 0 Å². The number of nitrogens with zero attached hydrogens (tertiary/aromatic N) is 1. The van der Waals surface area contributed by atoms with Crippen LogP contribution in [0.5, 0.6) is 0 Å². The van der Waals surface area contributed by atoms with Crippen molar-refractivity contribution in [3.63, 3.8) is 0 Å². The van der Waals surface area contributed by atoms with Gasteiger partial charge in [0, 0.05) is 13.1 Å². The van der Waals surface area contributed by atoms with Crippen molar-refractivity contribution >= 4 is 21.9 Å². The Kier molecular flexibility index (Phi) is 5.21. The summed E-state index contributed by atoms with van der Waals surface area (Å²) in [5.41, 5.74) is -0.554. The van der Waals surface area contributed by atoms with E-state index >= 15 is 0 Å². The highest BCUT2D eigenvalue weighted by Crippen LogP contribution is 2.22. The normalized spacial score (nSPS) is 29.5. The van der Waals surface area contributed by atoms with Crippen LogP contribution in [0.1, 0.15) is 26.2 Å². The van der Waals surface area contributed by atoms with E-state index < -0.39 is 5.60 Å². The minimum Gasteiger partial charge on any atom is -0.468 e. The van der Waals surface area contributed by atoms with Crippen molar-refractivity contribution in [3.05, 3.63) is 0 Å². The van der Waals surface area contributed by atoms with Crippen LogP contribution in [0.25, 0.3) is 0 Å². The molecule has 2 unspecified atom stereocenters. The van der Waals surface area contributed by atoms with Gasteiger partial charge in [0.1, 0.15) is 4.83 Å². The van der Waals surface area contributed by atoms with E-state index in [0.29, 0.717) is 6.54 Å². The summed E-state index contributed by atoms with van der Waals surface area (Å²) in [4.78, 5) is 13.2. The monoisotopic (exact) mass is 293 g/mol. The quantitative estimate of drug-likeness (QED) is 0.627. The number of methoxy groups -OCH3 is 1. The fraction of sp³-hybridized carbons (Fsp3) is 0.909. The molecule has 0 aromatic heterocycles. The average molecular weight is 294 g/mol. The number of hydrogen-bond acceptors (Lipinski definition) is 4. The Morgan fingerprint density at radius 3 is 2.88 bits per heavy atom. The fourth-order valence-corrected chi connectivity index (χ4v) is 2.53. The second-order valence-electron chi connectivity index (χ2n) is 4.64. The van der Waals surface area contributed by atoms with Gasteiger partial charge in [0.05, 0.1) is 12.7 Å². The molecular formula is C11H20BrNO3. The lowest BCUT2D eigenvalue weighted by molar-refractivity contribution is -0.140. The van der Waals surface area contributed by atoms with Crippen LogP contribution < -0.4 is 0 Å². The van der Waals surface area contributed by atoms with E-state index in [2.05, 4.69) is 25.6 Å². The highest BCUT2D eigenvalue weighted by molar-refractivity contribution is 9.10. The van der Waals surface area contributed by atoms with Crippen molar-refractivity contribution in [2.75, 3.05) is 26.7 Å². The number of carbonyl (C=O) groups excluding carboxylic acids is 1. The lowest BCUT2D eigenvalue weighted by Crippen LogP contribution is -2.35. The van der Waals surface area contributed by atoms with Crippen LogP contribution in [0, 0.1) is 0 Å². The zero-order valence-corrected chi connectivity index (χ0v) is 11.5. The SMILES string of the molecule is COC(=O)C(Br)CN1CCCC(C)(O)CC1. The van der Waals surface area contributed by atoms with Gasteiger partial charge in [-0.15, -0.1) is 0 Å². The summed E-state index contributed by atoms with van der Waals surface area (Å²) in [6, 6.07) is 0. The van der Waals surface area contributed by atoms with Crippen LogP contribution in [0.3, 0.4) is 0 Å². The minimum absolute atomic E-state index is 0.240. The van der Waals surface area contributed by atoms with Crippen molar-refractivity contribution < 1.29 is 14.6 Å². The second kappa shape index (κ2) is 5.98. The second-order valence-corrected chi connectivity index (χ2v) is 5.75. The highest BCUT2D eigenvalue weighted by Gasteiger charge is 2.27. The topological polar surface area (TPSA) is 49.8 Å². The first kappa shape index (κ1) is 13.9. The first-order valence-corrected chi connectivity index (χ1v) is 6.53. The van der Waals surface area contributed by atoms with Gasteiger partial charge < -0.3 is 14.7 Å². The predicted octanol–water partition coefficient (Wildman–Crippen LogP) is 1.16. The van der Waals surface area contributed by atoms with E-state index in [1.807, 2.05) is 6.92 Å². The van der Waals surface area contributed by atoms with Gasteiger partial charge in [0.15, 0.2) is 0 Å². The minimum atomic E-state index is -0.554. The van der Waals surface area contributed by atoms with E-state index in [1.54, 1.807) is 0 Å². The summed E-state index contributed by atoms with van der Waals surface area (Å²) < 4.78 is 4.66. The molecular weight excluding hydrogens is 274 g/mol. The summed E-state index contributed by atoms with van der Waals surface area (Å²) in [6.45, 7) is 4.27. The molecule has 0 aromatic carbocycles. The Hall–Kier alpha value is -0.130. The van der Waals surface area contributed by atoms with Gasteiger partial charge in [-0.25, -0.2) is 0 Å². The Morgan fingerprint density at radius 2 is 2.25 bits per heavy atom. The van der Waals surface area contributed by atoms with E-state index in [9.17, 15) is 9.90 Å². The largest absolute Gasteiger partial charge is 0.468 e. The number of rotatable bonds is 3. The molecule has 0 radical (unpaired) electrons. The third-order valence-corrected chi connectivity index (χ3v) is 3.70. The number of esters is 1. The number of carbonyl (C=O) groups is 1. The highest BCUT2D eigenvalue weighted by atomic mass is 79.9. The fourth-order valence-electron chi connectivity index (χ4n) is 1.93. The maximum absolute atomic E-state index is 11.3. The first-order valence-electron chi connectivity index (χ1n) is 5.61. The lowest BCUT2D eigenvalue weighted by Gasteiger charge is -2.23. The van der Waals surface area contributed by atoms with Gasteiger partial charge in [-0.2, -0.15) is 0 Å². The molecule has 16 heavy (non-hydrogen) atoms. The maximum Gasteiger partial charge on any atom is 0.320 e.